The van der Waals surface area contributed by atoms with E-state index in [2.05, 4.69) is 30.1 Å². The summed E-state index contributed by atoms with van der Waals surface area (Å²) in [5, 5.41) is 8.54. The minimum absolute atomic E-state index is 0.0334. The molecule has 0 bridgehead atoms. The number of anilines is 1. The van der Waals surface area contributed by atoms with Crippen LogP contribution in [0.25, 0.3) is 5.78 Å². The predicted octanol–water partition coefficient (Wildman–Crippen LogP) is 2.08. The quantitative estimate of drug-likeness (QED) is 0.711. The van der Waals surface area contributed by atoms with Crippen molar-refractivity contribution in [1.82, 2.24) is 29.7 Å². The van der Waals surface area contributed by atoms with Gasteiger partial charge in [-0.2, -0.15) is 19.6 Å². The van der Waals surface area contributed by atoms with Gasteiger partial charge in [-0.25, -0.2) is 4.98 Å². The van der Waals surface area contributed by atoms with Gasteiger partial charge in [0.1, 0.15) is 18.8 Å². The van der Waals surface area contributed by atoms with Crippen LogP contribution in [0.3, 0.4) is 0 Å². The van der Waals surface area contributed by atoms with Crippen LogP contribution in [0, 0.1) is 6.92 Å². The molecule has 3 aromatic rings. The second-order valence-corrected chi connectivity index (χ2v) is 6.27. The number of hydrogen-bond acceptors (Lipinski definition) is 8. The van der Waals surface area contributed by atoms with Gasteiger partial charge in [0.05, 0.1) is 6.04 Å². The Morgan fingerprint density at radius 3 is 3.08 bits per heavy atom. The fraction of sp³-hybridized carbons (Fsp3) is 0.562. The second-order valence-electron chi connectivity index (χ2n) is 6.27. The zero-order chi connectivity index (χ0) is 17.2. The lowest BCUT2D eigenvalue weighted by molar-refractivity contribution is 0.151. The third kappa shape index (κ3) is 3.07. The van der Waals surface area contributed by atoms with Crippen LogP contribution in [-0.2, 0) is 11.3 Å². The first-order valence-electron chi connectivity index (χ1n) is 8.51. The summed E-state index contributed by atoms with van der Waals surface area (Å²) in [5.41, 5.74) is 0.909. The maximum Gasteiger partial charge on any atom is 0.254 e. The van der Waals surface area contributed by atoms with E-state index in [0.29, 0.717) is 24.1 Å². The fourth-order valence-electron chi connectivity index (χ4n) is 3.35. The minimum atomic E-state index is 0.0334. The third-order valence-electron chi connectivity index (χ3n) is 4.46. The summed E-state index contributed by atoms with van der Waals surface area (Å²) in [7, 11) is 1.61. The molecule has 3 aromatic heterocycles. The summed E-state index contributed by atoms with van der Waals surface area (Å²) >= 11 is 0. The van der Waals surface area contributed by atoms with Crippen molar-refractivity contribution in [3.8, 4) is 0 Å². The number of rotatable bonds is 4. The summed E-state index contributed by atoms with van der Waals surface area (Å²) < 4.78 is 12.2. The molecule has 4 heterocycles. The van der Waals surface area contributed by atoms with Crippen LogP contribution < -0.4 is 4.90 Å². The molecule has 1 fully saturated rings. The maximum absolute atomic E-state index is 5.32. The highest BCUT2D eigenvalue weighted by molar-refractivity contribution is 5.48. The standard InChI is InChI=1S/C16H21N7O2/c1-11-8-14(23-16(19-11)17-10-18-23)22-7-5-3-4-6-12(22)15-20-13(9-24-2)25-21-15/h8,10,12H,3-7,9H2,1-2H3. The van der Waals surface area contributed by atoms with Crippen LogP contribution in [-0.4, -0.2) is 43.4 Å². The molecule has 4 rings (SSSR count). The Kier molecular flexibility index (Phi) is 4.31. The molecule has 132 valence electrons. The van der Waals surface area contributed by atoms with Gasteiger partial charge in [0.25, 0.3) is 11.7 Å². The van der Waals surface area contributed by atoms with Crippen molar-refractivity contribution in [2.45, 2.75) is 45.3 Å². The Bertz CT molecular complexity index is 859. The van der Waals surface area contributed by atoms with E-state index in [1.165, 1.54) is 12.7 Å². The highest BCUT2D eigenvalue weighted by atomic mass is 16.5. The predicted molar refractivity (Wildman–Crippen MR) is 89.1 cm³/mol. The smallest absolute Gasteiger partial charge is 0.254 e. The number of ether oxygens (including phenoxy) is 1. The van der Waals surface area contributed by atoms with E-state index in [4.69, 9.17) is 9.26 Å². The van der Waals surface area contributed by atoms with Gasteiger partial charge >= 0.3 is 0 Å². The molecule has 0 N–H and O–H groups in total. The number of methoxy groups -OCH3 is 1. The zero-order valence-electron chi connectivity index (χ0n) is 14.4. The molecule has 0 amide bonds. The van der Waals surface area contributed by atoms with E-state index in [1.807, 2.05) is 13.0 Å². The lowest BCUT2D eigenvalue weighted by Crippen LogP contribution is -2.31. The van der Waals surface area contributed by atoms with Crippen molar-refractivity contribution < 1.29 is 9.26 Å². The Balaban J connectivity index is 1.76. The topological polar surface area (TPSA) is 94.5 Å². The van der Waals surface area contributed by atoms with E-state index in [1.54, 1.807) is 11.6 Å². The SMILES string of the molecule is COCc1nc(C2CCCCCN2c2cc(C)nc3ncnn23)no1. The molecule has 1 saturated heterocycles. The van der Waals surface area contributed by atoms with Crippen LogP contribution in [0.4, 0.5) is 5.82 Å². The van der Waals surface area contributed by atoms with Gasteiger partial charge in [-0.1, -0.05) is 18.0 Å². The Morgan fingerprint density at radius 2 is 2.20 bits per heavy atom. The van der Waals surface area contributed by atoms with Crippen molar-refractivity contribution >= 4 is 11.6 Å². The second kappa shape index (κ2) is 6.75. The lowest BCUT2D eigenvalue weighted by atomic mass is 10.1. The monoisotopic (exact) mass is 343 g/mol. The van der Waals surface area contributed by atoms with E-state index in [9.17, 15) is 0 Å². The molecule has 1 aliphatic heterocycles. The van der Waals surface area contributed by atoms with E-state index in [-0.39, 0.29) is 6.04 Å². The van der Waals surface area contributed by atoms with Crippen LogP contribution >= 0.6 is 0 Å². The third-order valence-corrected chi connectivity index (χ3v) is 4.46. The number of hydrogen-bond donors (Lipinski definition) is 0. The van der Waals surface area contributed by atoms with Crippen molar-refractivity contribution in [3.05, 3.63) is 29.8 Å². The largest absolute Gasteiger partial charge is 0.375 e. The van der Waals surface area contributed by atoms with Crippen LogP contribution in [0.5, 0.6) is 0 Å². The van der Waals surface area contributed by atoms with E-state index >= 15 is 0 Å². The Morgan fingerprint density at radius 1 is 1.28 bits per heavy atom. The van der Waals surface area contributed by atoms with Crippen molar-refractivity contribution in [2.75, 3.05) is 18.6 Å². The first-order valence-corrected chi connectivity index (χ1v) is 8.51. The van der Waals surface area contributed by atoms with Gasteiger partial charge < -0.3 is 14.2 Å². The van der Waals surface area contributed by atoms with Crippen LogP contribution in [0.2, 0.25) is 0 Å². The number of nitrogens with zero attached hydrogens (tertiary/aromatic N) is 7. The summed E-state index contributed by atoms with van der Waals surface area (Å²) in [6.07, 6.45) is 5.91. The molecule has 1 aliphatic rings. The Hall–Kier alpha value is -2.55. The molecule has 1 unspecified atom stereocenters. The molecule has 9 nitrogen and oxygen atoms in total. The molecule has 9 heteroatoms. The van der Waals surface area contributed by atoms with Crippen molar-refractivity contribution in [3.63, 3.8) is 0 Å². The normalized spacial score (nSPS) is 18.6. The summed E-state index contributed by atoms with van der Waals surface area (Å²) in [5.74, 6) is 2.76. The molecular formula is C16H21N7O2. The molecule has 0 radical (unpaired) electrons. The van der Waals surface area contributed by atoms with Gasteiger partial charge in [-0.05, 0) is 19.8 Å². The van der Waals surface area contributed by atoms with Gasteiger partial charge in [0, 0.05) is 25.4 Å². The lowest BCUT2D eigenvalue weighted by Gasteiger charge is -2.29. The molecule has 25 heavy (non-hydrogen) atoms. The first-order chi connectivity index (χ1) is 12.3. The van der Waals surface area contributed by atoms with Crippen LogP contribution in [0.15, 0.2) is 16.9 Å². The molecule has 0 saturated carbocycles. The van der Waals surface area contributed by atoms with Crippen LogP contribution in [0.1, 0.15) is 49.1 Å². The van der Waals surface area contributed by atoms with Gasteiger partial charge in [-0.3, -0.25) is 0 Å². The Labute approximate surface area is 145 Å². The highest BCUT2D eigenvalue weighted by Gasteiger charge is 2.29. The summed E-state index contributed by atoms with van der Waals surface area (Å²) in [6.45, 7) is 3.19. The van der Waals surface area contributed by atoms with Crippen molar-refractivity contribution in [2.24, 2.45) is 0 Å². The van der Waals surface area contributed by atoms with Gasteiger partial charge in [0.2, 0.25) is 0 Å². The maximum atomic E-state index is 5.32. The average molecular weight is 343 g/mol. The molecular weight excluding hydrogens is 322 g/mol. The number of aromatic nitrogens is 6. The highest BCUT2D eigenvalue weighted by Crippen LogP contribution is 2.33. The first kappa shape index (κ1) is 15.9. The number of fused-ring (bicyclic) bond motifs is 1. The van der Waals surface area contributed by atoms with E-state index in [0.717, 1.165) is 37.3 Å². The summed E-state index contributed by atoms with van der Waals surface area (Å²) in [4.78, 5) is 15.5. The molecule has 1 atom stereocenters. The molecule has 0 aliphatic carbocycles. The average Bonchev–Trinajstić information content (AvgIpc) is 3.18. The molecule has 0 aromatic carbocycles. The fourth-order valence-corrected chi connectivity index (χ4v) is 3.35. The van der Waals surface area contributed by atoms with Gasteiger partial charge in [0.15, 0.2) is 5.82 Å². The van der Waals surface area contributed by atoms with Crippen molar-refractivity contribution in [1.29, 1.82) is 0 Å². The van der Waals surface area contributed by atoms with Gasteiger partial charge in [-0.15, -0.1) is 0 Å². The summed E-state index contributed by atoms with van der Waals surface area (Å²) in [6, 6.07) is 2.07. The van der Waals surface area contributed by atoms with E-state index < -0.39 is 0 Å². The minimum Gasteiger partial charge on any atom is -0.375 e. The molecule has 0 spiro atoms. The zero-order valence-corrected chi connectivity index (χ0v) is 14.4. The number of aryl methyl sites for hydroxylation is 1.